The minimum atomic E-state index is -1.01. The molecule has 1 N–H and O–H groups in total. The average Bonchev–Trinajstić information content (AvgIpc) is 2.90. The number of para-hydroxylation sites is 1. The van der Waals surface area contributed by atoms with Crippen molar-refractivity contribution in [3.05, 3.63) is 23.8 Å². The number of carboxylic acids is 1. The molecule has 1 heterocycles. The number of aromatic carboxylic acids is 1. The maximum absolute atomic E-state index is 11.2. The molecule has 1 saturated heterocycles. The molecule has 1 aliphatic heterocycles. The molecule has 1 aromatic carbocycles. The van der Waals surface area contributed by atoms with E-state index < -0.39 is 5.97 Å². The van der Waals surface area contributed by atoms with Crippen LogP contribution in [-0.2, 0) is 4.74 Å². The SMILES string of the molecule is CCOc1cccc(C(=O)O)c1OCC1CCOC1. The minimum Gasteiger partial charge on any atom is -0.490 e. The van der Waals surface area contributed by atoms with E-state index >= 15 is 0 Å². The number of ether oxygens (including phenoxy) is 3. The van der Waals surface area contributed by atoms with E-state index in [0.29, 0.717) is 37.2 Å². The van der Waals surface area contributed by atoms with E-state index in [1.165, 1.54) is 6.07 Å². The molecule has 19 heavy (non-hydrogen) atoms. The Kier molecular flexibility index (Phi) is 4.63. The van der Waals surface area contributed by atoms with Gasteiger partial charge in [0.05, 0.1) is 19.8 Å². The van der Waals surface area contributed by atoms with Crippen molar-refractivity contribution in [3.63, 3.8) is 0 Å². The lowest BCUT2D eigenvalue weighted by molar-refractivity contribution is 0.0689. The highest BCUT2D eigenvalue weighted by Crippen LogP contribution is 2.32. The van der Waals surface area contributed by atoms with Crippen LogP contribution in [0.15, 0.2) is 18.2 Å². The molecule has 0 bridgehead atoms. The van der Waals surface area contributed by atoms with E-state index in [9.17, 15) is 9.90 Å². The summed E-state index contributed by atoms with van der Waals surface area (Å²) in [5, 5.41) is 9.19. The second kappa shape index (κ2) is 6.43. The van der Waals surface area contributed by atoms with Crippen LogP contribution in [0.2, 0.25) is 0 Å². The highest BCUT2D eigenvalue weighted by molar-refractivity contribution is 5.92. The Hall–Kier alpha value is -1.75. The number of hydrogen-bond acceptors (Lipinski definition) is 4. The van der Waals surface area contributed by atoms with Gasteiger partial charge in [0.1, 0.15) is 5.56 Å². The van der Waals surface area contributed by atoms with Crippen LogP contribution >= 0.6 is 0 Å². The van der Waals surface area contributed by atoms with Crippen molar-refractivity contribution in [2.75, 3.05) is 26.4 Å². The summed E-state index contributed by atoms with van der Waals surface area (Å²) in [5.41, 5.74) is 0.130. The average molecular weight is 266 g/mol. The molecular formula is C14H18O5. The molecule has 1 atom stereocenters. The van der Waals surface area contributed by atoms with Crippen molar-refractivity contribution in [1.29, 1.82) is 0 Å². The first-order chi connectivity index (χ1) is 9.22. The first-order valence-corrected chi connectivity index (χ1v) is 6.42. The van der Waals surface area contributed by atoms with Gasteiger partial charge in [-0.05, 0) is 25.5 Å². The lowest BCUT2D eigenvalue weighted by Crippen LogP contribution is -2.14. The van der Waals surface area contributed by atoms with E-state index in [1.807, 2.05) is 6.92 Å². The maximum atomic E-state index is 11.2. The smallest absolute Gasteiger partial charge is 0.339 e. The van der Waals surface area contributed by atoms with Crippen LogP contribution in [0.4, 0.5) is 0 Å². The Morgan fingerprint density at radius 2 is 2.32 bits per heavy atom. The molecule has 1 fully saturated rings. The van der Waals surface area contributed by atoms with Crippen LogP contribution in [-0.4, -0.2) is 37.5 Å². The summed E-state index contributed by atoms with van der Waals surface area (Å²) in [6, 6.07) is 4.89. The molecule has 5 nitrogen and oxygen atoms in total. The summed E-state index contributed by atoms with van der Waals surface area (Å²) in [6.07, 6.45) is 0.944. The van der Waals surface area contributed by atoms with Gasteiger partial charge in [-0.25, -0.2) is 4.79 Å². The number of hydrogen-bond donors (Lipinski definition) is 1. The quantitative estimate of drug-likeness (QED) is 0.855. The molecule has 1 unspecified atom stereocenters. The van der Waals surface area contributed by atoms with Crippen molar-refractivity contribution < 1.29 is 24.1 Å². The second-order valence-corrected chi connectivity index (χ2v) is 4.41. The third-order valence-electron chi connectivity index (χ3n) is 3.00. The third-order valence-corrected chi connectivity index (χ3v) is 3.00. The molecule has 0 spiro atoms. The molecule has 5 heteroatoms. The molecule has 0 saturated carbocycles. The van der Waals surface area contributed by atoms with E-state index in [0.717, 1.165) is 13.0 Å². The van der Waals surface area contributed by atoms with Crippen molar-refractivity contribution in [3.8, 4) is 11.5 Å². The lowest BCUT2D eigenvalue weighted by atomic mass is 10.1. The monoisotopic (exact) mass is 266 g/mol. The molecular weight excluding hydrogens is 248 g/mol. The predicted molar refractivity (Wildman–Crippen MR) is 69.0 cm³/mol. The number of carbonyl (C=O) groups is 1. The fourth-order valence-corrected chi connectivity index (χ4v) is 2.02. The van der Waals surface area contributed by atoms with Gasteiger partial charge >= 0.3 is 5.97 Å². The molecule has 104 valence electrons. The molecule has 0 radical (unpaired) electrons. The third kappa shape index (κ3) is 3.38. The van der Waals surface area contributed by atoms with Crippen LogP contribution in [0.3, 0.4) is 0 Å². The van der Waals surface area contributed by atoms with Crippen molar-refractivity contribution in [2.24, 2.45) is 5.92 Å². The van der Waals surface area contributed by atoms with Crippen molar-refractivity contribution in [2.45, 2.75) is 13.3 Å². The van der Waals surface area contributed by atoms with E-state index in [1.54, 1.807) is 12.1 Å². The van der Waals surface area contributed by atoms with Gasteiger partial charge in [0, 0.05) is 12.5 Å². The standard InChI is InChI=1S/C14H18O5/c1-2-18-12-5-3-4-11(14(15)16)13(12)19-9-10-6-7-17-8-10/h3-5,10H,2,6-9H2,1H3,(H,15,16). The maximum Gasteiger partial charge on any atom is 0.339 e. The van der Waals surface area contributed by atoms with Gasteiger partial charge in [-0.2, -0.15) is 0 Å². The fraction of sp³-hybridized carbons (Fsp3) is 0.500. The topological polar surface area (TPSA) is 65.0 Å². The van der Waals surface area contributed by atoms with Gasteiger partial charge in [-0.1, -0.05) is 6.07 Å². The zero-order chi connectivity index (χ0) is 13.7. The summed E-state index contributed by atoms with van der Waals surface area (Å²) in [5.74, 6) is 0.0839. The Labute approximate surface area is 112 Å². The number of rotatable bonds is 6. The molecule has 0 aliphatic carbocycles. The normalized spacial score (nSPS) is 18.3. The van der Waals surface area contributed by atoms with Crippen LogP contribution in [0.5, 0.6) is 11.5 Å². The summed E-state index contributed by atoms with van der Waals surface area (Å²) in [4.78, 5) is 11.2. The lowest BCUT2D eigenvalue weighted by Gasteiger charge is -2.16. The van der Waals surface area contributed by atoms with Gasteiger partial charge in [0.25, 0.3) is 0 Å². The summed E-state index contributed by atoms with van der Waals surface area (Å²) < 4.78 is 16.4. The fourth-order valence-electron chi connectivity index (χ4n) is 2.02. The van der Waals surface area contributed by atoms with E-state index in [2.05, 4.69) is 0 Å². The Bertz CT molecular complexity index is 437. The Morgan fingerprint density at radius 1 is 1.47 bits per heavy atom. The molecule has 1 aromatic rings. The summed E-state index contributed by atoms with van der Waals surface area (Å²) in [7, 11) is 0. The molecule has 0 amide bonds. The molecule has 0 aromatic heterocycles. The number of benzene rings is 1. The zero-order valence-electron chi connectivity index (χ0n) is 10.9. The molecule has 2 rings (SSSR count). The van der Waals surface area contributed by atoms with Gasteiger partial charge in [0.15, 0.2) is 11.5 Å². The van der Waals surface area contributed by atoms with Crippen molar-refractivity contribution >= 4 is 5.97 Å². The zero-order valence-corrected chi connectivity index (χ0v) is 10.9. The largest absolute Gasteiger partial charge is 0.490 e. The van der Waals surface area contributed by atoms with Crippen molar-refractivity contribution in [1.82, 2.24) is 0 Å². The predicted octanol–water partition coefficient (Wildman–Crippen LogP) is 2.20. The first-order valence-electron chi connectivity index (χ1n) is 6.42. The van der Waals surface area contributed by atoms with Crippen LogP contribution in [0.25, 0.3) is 0 Å². The van der Waals surface area contributed by atoms with Gasteiger partial charge in [-0.3, -0.25) is 0 Å². The Balaban J connectivity index is 2.16. The number of carboxylic acid groups (broad SMARTS) is 1. The molecule has 1 aliphatic rings. The highest BCUT2D eigenvalue weighted by atomic mass is 16.5. The van der Waals surface area contributed by atoms with E-state index in [-0.39, 0.29) is 5.56 Å². The van der Waals surface area contributed by atoms with Gasteiger partial charge < -0.3 is 19.3 Å². The summed E-state index contributed by atoms with van der Waals surface area (Å²) in [6.45, 7) is 4.17. The Morgan fingerprint density at radius 3 is 2.95 bits per heavy atom. The minimum absolute atomic E-state index is 0.130. The van der Waals surface area contributed by atoms with Crippen LogP contribution in [0, 0.1) is 5.92 Å². The second-order valence-electron chi connectivity index (χ2n) is 4.41. The van der Waals surface area contributed by atoms with Crippen LogP contribution in [0.1, 0.15) is 23.7 Å². The van der Waals surface area contributed by atoms with Gasteiger partial charge in [-0.15, -0.1) is 0 Å². The highest BCUT2D eigenvalue weighted by Gasteiger charge is 2.20. The van der Waals surface area contributed by atoms with Gasteiger partial charge in [0.2, 0.25) is 0 Å². The van der Waals surface area contributed by atoms with Crippen LogP contribution < -0.4 is 9.47 Å². The van der Waals surface area contributed by atoms with E-state index in [4.69, 9.17) is 14.2 Å². The summed E-state index contributed by atoms with van der Waals surface area (Å²) >= 11 is 0. The first kappa shape index (κ1) is 13.7.